The number of aromatic nitrogens is 2. The van der Waals surface area contributed by atoms with Crippen molar-refractivity contribution in [2.24, 2.45) is 0 Å². The summed E-state index contributed by atoms with van der Waals surface area (Å²) in [6.07, 6.45) is 3.33. The minimum atomic E-state index is 0.00764. The van der Waals surface area contributed by atoms with Crippen LogP contribution in [0.2, 0.25) is 0 Å². The Labute approximate surface area is 119 Å². The van der Waals surface area contributed by atoms with E-state index in [0.29, 0.717) is 5.88 Å². The van der Waals surface area contributed by atoms with E-state index in [1.54, 1.807) is 42.2 Å². The van der Waals surface area contributed by atoms with Crippen molar-refractivity contribution in [2.75, 3.05) is 14.2 Å². The summed E-state index contributed by atoms with van der Waals surface area (Å²) in [5, 5.41) is 5.41. The lowest BCUT2D eigenvalue weighted by atomic mass is 10.1. The average Bonchev–Trinajstić information content (AvgIpc) is 3.01. The first kappa shape index (κ1) is 12.5. The molecular formula is C13H13N3OS2. The second-order valence-electron chi connectivity index (χ2n) is 3.97. The molecule has 0 aliphatic heterocycles. The molecule has 1 unspecified atom stereocenters. The van der Waals surface area contributed by atoms with Crippen LogP contribution in [0.1, 0.15) is 16.6 Å². The maximum absolute atomic E-state index is 5.30. The summed E-state index contributed by atoms with van der Waals surface area (Å²) in [4.78, 5) is 9.85. The molecule has 4 nitrogen and oxygen atoms in total. The van der Waals surface area contributed by atoms with Crippen LogP contribution in [0.5, 0.6) is 5.88 Å². The topological polar surface area (TPSA) is 47.0 Å². The Balaban J connectivity index is 2.06. The number of thiophene rings is 2. The van der Waals surface area contributed by atoms with E-state index in [-0.39, 0.29) is 6.04 Å². The lowest BCUT2D eigenvalue weighted by molar-refractivity contribution is 0.384. The first-order valence-corrected chi connectivity index (χ1v) is 7.52. The summed E-state index contributed by atoms with van der Waals surface area (Å²) in [7, 11) is 3.54. The Morgan fingerprint density at radius 3 is 2.84 bits per heavy atom. The molecule has 98 valence electrons. The molecule has 3 aromatic rings. The predicted octanol–water partition coefficient (Wildman–Crippen LogP) is 3.07. The van der Waals surface area contributed by atoms with E-state index < -0.39 is 0 Å². The molecule has 0 aliphatic carbocycles. The fourth-order valence-electron chi connectivity index (χ4n) is 2.03. The second-order valence-corrected chi connectivity index (χ2v) is 6.03. The number of nitrogens with zero attached hydrogens (tertiary/aromatic N) is 2. The molecule has 1 atom stereocenters. The fraction of sp³-hybridized carbons (Fsp3) is 0.231. The number of ether oxygens (including phenoxy) is 1. The molecule has 6 heteroatoms. The monoisotopic (exact) mass is 291 g/mol. The minimum Gasteiger partial charge on any atom is -0.480 e. The smallest absolute Gasteiger partial charge is 0.237 e. The van der Waals surface area contributed by atoms with Crippen LogP contribution in [0.25, 0.3) is 9.40 Å². The van der Waals surface area contributed by atoms with Gasteiger partial charge in [-0.15, -0.1) is 22.7 Å². The highest BCUT2D eigenvalue weighted by Gasteiger charge is 2.21. The SMILES string of the molecule is CNC(c1cc2sccc2s1)c1nccnc1OC. The highest BCUT2D eigenvalue weighted by molar-refractivity contribution is 7.27. The van der Waals surface area contributed by atoms with Crippen LogP contribution in [0, 0.1) is 0 Å². The van der Waals surface area contributed by atoms with Crippen LogP contribution >= 0.6 is 22.7 Å². The van der Waals surface area contributed by atoms with Crippen molar-refractivity contribution in [1.29, 1.82) is 0 Å². The summed E-state index contributed by atoms with van der Waals surface area (Å²) < 4.78 is 7.92. The first-order chi connectivity index (χ1) is 9.33. The third kappa shape index (κ3) is 2.22. The van der Waals surface area contributed by atoms with Gasteiger partial charge in [0.05, 0.1) is 13.2 Å². The predicted molar refractivity (Wildman–Crippen MR) is 79.2 cm³/mol. The number of hydrogen-bond donors (Lipinski definition) is 1. The lowest BCUT2D eigenvalue weighted by Crippen LogP contribution is -2.19. The number of methoxy groups -OCH3 is 1. The standard InChI is InChI=1S/C13H13N3OS2/c1-14-11(12-13(17-2)16-5-4-15-12)10-7-9-8(19-10)3-6-18-9/h3-7,11,14H,1-2H3. The van der Waals surface area contributed by atoms with Gasteiger partial charge in [0, 0.05) is 26.7 Å². The van der Waals surface area contributed by atoms with Crippen molar-refractivity contribution < 1.29 is 4.74 Å². The zero-order chi connectivity index (χ0) is 13.2. The van der Waals surface area contributed by atoms with Gasteiger partial charge in [0.25, 0.3) is 0 Å². The summed E-state index contributed by atoms with van der Waals surface area (Å²) in [6.45, 7) is 0. The molecule has 0 fully saturated rings. The second kappa shape index (κ2) is 5.24. The Morgan fingerprint density at radius 2 is 2.11 bits per heavy atom. The van der Waals surface area contributed by atoms with Gasteiger partial charge >= 0.3 is 0 Å². The first-order valence-electron chi connectivity index (χ1n) is 5.82. The van der Waals surface area contributed by atoms with Crippen LogP contribution in [-0.2, 0) is 0 Å². The van der Waals surface area contributed by atoms with Gasteiger partial charge in [-0.05, 0) is 24.6 Å². The zero-order valence-electron chi connectivity index (χ0n) is 10.6. The van der Waals surface area contributed by atoms with Gasteiger partial charge in [-0.1, -0.05) is 0 Å². The molecule has 0 aromatic carbocycles. The van der Waals surface area contributed by atoms with Crippen LogP contribution < -0.4 is 10.1 Å². The van der Waals surface area contributed by atoms with Gasteiger partial charge in [0.15, 0.2) is 0 Å². The zero-order valence-corrected chi connectivity index (χ0v) is 12.2. The van der Waals surface area contributed by atoms with Gasteiger partial charge in [-0.3, -0.25) is 4.98 Å². The molecule has 3 rings (SSSR count). The lowest BCUT2D eigenvalue weighted by Gasteiger charge is -2.15. The Morgan fingerprint density at radius 1 is 1.26 bits per heavy atom. The van der Waals surface area contributed by atoms with E-state index >= 15 is 0 Å². The van der Waals surface area contributed by atoms with Crippen LogP contribution in [0.15, 0.2) is 29.9 Å². The van der Waals surface area contributed by atoms with Crippen LogP contribution in [0.4, 0.5) is 0 Å². The quantitative estimate of drug-likeness (QED) is 0.802. The van der Waals surface area contributed by atoms with Gasteiger partial charge in [0.1, 0.15) is 5.69 Å². The van der Waals surface area contributed by atoms with E-state index in [0.717, 1.165) is 5.69 Å². The summed E-state index contributed by atoms with van der Waals surface area (Å²) in [6, 6.07) is 4.36. The maximum Gasteiger partial charge on any atom is 0.237 e. The molecular weight excluding hydrogens is 278 g/mol. The van der Waals surface area contributed by atoms with E-state index in [1.165, 1.54) is 14.3 Å². The molecule has 19 heavy (non-hydrogen) atoms. The fourth-order valence-corrected chi connectivity index (χ4v) is 4.27. The maximum atomic E-state index is 5.30. The van der Waals surface area contributed by atoms with E-state index in [4.69, 9.17) is 4.74 Å². The number of fused-ring (bicyclic) bond motifs is 1. The van der Waals surface area contributed by atoms with Gasteiger partial charge < -0.3 is 10.1 Å². The number of rotatable bonds is 4. The van der Waals surface area contributed by atoms with Crippen molar-refractivity contribution in [3.05, 3.63) is 40.5 Å². The minimum absolute atomic E-state index is 0.00764. The summed E-state index contributed by atoms with van der Waals surface area (Å²) in [5.74, 6) is 0.568. The largest absolute Gasteiger partial charge is 0.480 e. The highest BCUT2D eigenvalue weighted by Crippen LogP contribution is 2.36. The van der Waals surface area contributed by atoms with Gasteiger partial charge in [-0.25, -0.2) is 4.98 Å². The molecule has 3 heterocycles. The van der Waals surface area contributed by atoms with E-state index in [2.05, 4.69) is 32.8 Å². The Hall–Kier alpha value is -1.50. The van der Waals surface area contributed by atoms with Crippen molar-refractivity contribution in [3.63, 3.8) is 0 Å². The molecule has 0 saturated heterocycles. The van der Waals surface area contributed by atoms with Crippen molar-refractivity contribution in [1.82, 2.24) is 15.3 Å². The number of nitrogens with one attached hydrogen (secondary N) is 1. The third-order valence-corrected chi connectivity index (χ3v) is 5.05. The normalized spacial score (nSPS) is 12.7. The van der Waals surface area contributed by atoms with Gasteiger partial charge in [0.2, 0.25) is 5.88 Å². The number of hydrogen-bond acceptors (Lipinski definition) is 6. The van der Waals surface area contributed by atoms with E-state index in [9.17, 15) is 0 Å². The molecule has 0 amide bonds. The summed E-state index contributed by atoms with van der Waals surface area (Å²) in [5.41, 5.74) is 0.821. The van der Waals surface area contributed by atoms with Crippen LogP contribution in [-0.4, -0.2) is 24.1 Å². The van der Waals surface area contributed by atoms with Crippen molar-refractivity contribution in [3.8, 4) is 5.88 Å². The molecule has 0 radical (unpaired) electrons. The average molecular weight is 291 g/mol. The van der Waals surface area contributed by atoms with E-state index in [1.807, 2.05) is 7.05 Å². The molecule has 0 aliphatic rings. The third-order valence-electron chi connectivity index (χ3n) is 2.89. The summed E-state index contributed by atoms with van der Waals surface area (Å²) >= 11 is 3.53. The molecule has 0 spiro atoms. The Bertz CT molecular complexity index is 663. The van der Waals surface area contributed by atoms with Gasteiger partial charge in [-0.2, -0.15) is 0 Å². The van der Waals surface area contributed by atoms with Crippen molar-refractivity contribution >= 4 is 32.1 Å². The molecule has 0 saturated carbocycles. The Kier molecular flexibility index (Phi) is 3.46. The molecule has 3 aromatic heterocycles. The highest BCUT2D eigenvalue weighted by atomic mass is 32.1. The van der Waals surface area contributed by atoms with Crippen molar-refractivity contribution in [2.45, 2.75) is 6.04 Å². The molecule has 0 bridgehead atoms. The van der Waals surface area contributed by atoms with Crippen LogP contribution in [0.3, 0.4) is 0 Å². The molecule has 1 N–H and O–H groups in total.